The van der Waals surface area contributed by atoms with Crippen LogP contribution in [-0.4, -0.2) is 15.6 Å². The van der Waals surface area contributed by atoms with Crippen molar-refractivity contribution in [3.63, 3.8) is 0 Å². The molecular weight excluding hydrogens is 166 g/mol. The zero-order valence-corrected chi connectivity index (χ0v) is 7.53. The topological polar surface area (TPSA) is 47.2 Å². The van der Waals surface area contributed by atoms with Gasteiger partial charge in [-0.05, 0) is 12.8 Å². The van der Waals surface area contributed by atoms with Crippen LogP contribution in [0.4, 0.5) is 5.82 Å². The van der Waals surface area contributed by atoms with Crippen LogP contribution in [0.3, 0.4) is 0 Å². The summed E-state index contributed by atoms with van der Waals surface area (Å²) in [4.78, 5) is 18.0. The van der Waals surface area contributed by atoms with Gasteiger partial charge >= 0.3 is 0 Å². The first-order chi connectivity index (χ1) is 6.33. The van der Waals surface area contributed by atoms with Crippen LogP contribution < -0.4 is 0 Å². The van der Waals surface area contributed by atoms with Gasteiger partial charge in [0.1, 0.15) is 5.82 Å². The van der Waals surface area contributed by atoms with E-state index in [1.54, 1.807) is 12.3 Å². The predicted octanol–water partition coefficient (Wildman–Crippen LogP) is 1.75. The molecule has 1 aliphatic heterocycles. The summed E-state index contributed by atoms with van der Waals surface area (Å²) in [6.07, 6.45) is 5.49. The number of isocyanates is 1. The molecule has 0 saturated carbocycles. The van der Waals surface area contributed by atoms with Crippen LogP contribution >= 0.6 is 0 Å². The molecular formula is C9H11N3O. The number of aliphatic imine (C=N–C) groups is 1. The van der Waals surface area contributed by atoms with E-state index in [1.165, 1.54) is 6.42 Å². The van der Waals surface area contributed by atoms with Gasteiger partial charge in [0.2, 0.25) is 6.08 Å². The van der Waals surface area contributed by atoms with Crippen LogP contribution in [0.15, 0.2) is 11.2 Å². The Hall–Kier alpha value is -1.41. The summed E-state index contributed by atoms with van der Waals surface area (Å²) in [5, 5.41) is 0. The monoisotopic (exact) mass is 177 g/mol. The third kappa shape index (κ3) is 1.29. The minimum absolute atomic E-state index is 0.476. The fourth-order valence-electron chi connectivity index (χ4n) is 1.82. The molecule has 0 aliphatic carbocycles. The Morgan fingerprint density at radius 3 is 3.38 bits per heavy atom. The molecule has 1 aromatic rings. The number of fused-ring (bicyclic) bond motifs is 1. The fraction of sp³-hybridized carbons (Fsp3) is 0.556. The minimum atomic E-state index is 0.476. The average molecular weight is 177 g/mol. The molecule has 0 bridgehead atoms. The lowest BCUT2D eigenvalue weighted by Crippen LogP contribution is -2.13. The van der Waals surface area contributed by atoms with Gasteiger partial charge in [-0.3, -0.25) is 0 Å². The summed E-state index contributed by atoms with van der Waals surface area (Å²) in [6.45, 7) is 3.06. The van der Waals surface area contributed by atoms with E-state index in [-0.39, 0.29) is 0 Å². The number of aromatic nitrogens is 2. The van der Waals surface area contributed by atoms with Crippen LogP contribution in [-0.2, 0) is 11.3 Å². The summed E-state index contributed by atoms with van der Waals surface area (Å²) < 4.78 is 2.00. The fourth-order valence-corrected chi connectivity index (χ4v) is 1.82. The van der Waals surface area contributed by atoms with Gasteiger partial charge in [-0.15, -0.1) is 4.99 Å². The number of nitrogens with zero attached hydrogens (tertiary/aromatic N) is 3. The Morgan fingerprint density at radius 2 is 2.62 bits per heavy atom. The second-order valence-electron chi connectivity index (χ2n) is 3.37. The highest BCUT2D eigenvalue weighted by Crippen LogP contribution is 2.29. The largest absolute Gasteiger partial charge is 0.312 e. The quantitative estimate of drug-likeness (QED) is 0.484. The second-order valence-corrected chi connectivity index (χ2v) is 3.37. The van der Waals surface area contributed by atoms with E-state index in [0.717, 1.165) is 18.8 Å². The Balaban J connectivity index is 2.47. The average Bonchev–Trinajstić information content (AvgIpc) is 2.51. The Labute approximate surface area is 76.3 Å². The van der Waals surface area contributed by atoms with Crippen molar-refractivity contribution in [3.05, 3.63) is 12.0 Å². The van der Waals surface area contributed by atoms with Crippen molar-refractivity contribution in [1.82, 2.24) is 9.55 Å². The standard InChI is InChI=1S/C9H11N3O/c1-7-3-2-4-12-8(11-6-13)5-10-9(7)12/h5,7H,2-4H2,1H3. The van der Waals surface area contributed by atoms with E-state index in [0.29, 0.717) is 11.7 Å². The van der Waals surface area contributed by atoms with Gasteiger partial charge in [0.25, 0.3) is 0 Å². The molecule has 2 heterocycles. The first-order valence-corrected chi connectivity index (χ1v) is 4.46. The molecule has 1 unspecified atom stereocenters. The number of rotatable bonds is 1. The van der Waals surface area contributed by atoms with Gasteiger partial charge in [-0.25, -0.2) is 9.78 Å². The van der Waals surface area contributed by atoms with Gasteiger partial charge in [-0.1, -0.05) is 6.92 Å². The Kier molecular flexibility index (Phi) is 1.99. The van der Waals surface area contributed by atoms with E-state index in [9.17, 15) is 4.79 Å². The van der Waals surface area contributed by atoms with Gasteiger partial charge in [0.05, 0.1) is 6.20 Å². The number of carbonyl (C=O) groups excluding carboxylic acids is 1. The van der Waals surface area contributed by atoms with E-state index in [2.05, 4.69) is 16.9 Å². The van der Waals surface area contributed by atoms with E-state index < -0.39 is 0 Å². The molecule has 0 radical (unpaired) electrons. The van der Waals surface area contributed by atoms with Crippen molar-refractivity contribution >= 4 is 11.9 Å². The molecule has 0 N–H and O–H groups in total. The van der Waals surface area contributed by atoms with Crippen molar-refractivity contribution in [3.8, 4) is 0 Å². The Morgan fingerprint density at radius 1 is 1.77 bits per heavy atom. The maximum absolute atomic E-state index is 10.1. The molecule has 68 valence electrons. The van der Waals surface area contributed by atoms with Crippen LogP contribution in [0.1, 0.15) is 31.5 Å². The molecule has 0 aromatic carbocycles. The molecule has 4 nitrogen and oxygen atoms in total. The first kappa shape index (κ1) is 8.20. The highest BCUT2D eigenvalue weighted by atomic mass is 16.1. The predicted molar refractivity (Wildman–Crippen MR) is 47.7 cm³/mol. The summed E-state index contributed by atoms with van der Waals surface area (Å²) in [6, 6.07) is 0. The number of imidazole rings is 1. The van der Waals surface area contributed by atoms with Crippen molar-refractivity contribution in [2.24, 2.45) is 4.99 Å². The molecule has 0 saturated heterocycles. The highest BCUT2D eigenvalue weighted by molar-refractivity contribution is 5.44. The minimum Gasteiger partial charge on any atom is -0.312 e. The molecule has 1 atom stereocenters. The first-order valence-electron chi connectivity index (χ1n) is 4.46. The van der Waals surface area contributed by atoms with Gasteiger partial charge < -0.3 is 4.57 Å². The van der Waals surface area contributed by atoms with E-state index in [4.69, 9.17) is 0 Å². The summed E-state index contributed by atoms with van der Waals surface area (Å²) in [7, 11) is 0. The van der Waals surface area contributed by atoms with E-state index in [1.807, 2.05) is 4.57 Å². The highest BCUT2D eigenvalue weighted by Gasteiger charge is 2.19. The SMILES string of the molecule is CC1CCCn2c(N=C=O)cnc21. The van der Waals surface area contributed by atoms with Crippen molar-refractivity contribution in [2.75, 3.05) is 0 Å². The van der Waals surface area contributed by atoms with Crippen molar-refractivity contribution in [2.45, 2.75) is 32.2 Å². The van der Waals surface area contributed by atoms with E-state index >= 15 is 0 Å². The molecule has 0 amide bonds. The third-order valence-corrected chi connectivity index (χ3v) is 2.49. The lowest BCUT2D eigenvalue weighted by atomic mass is 10.0. The smallest absolute Gasteiger partial charge is 0.242 e. The third-order valence-electron chi connectivity index (χ3n) is 2.49. The maximum atomic E-state index is 10.1. The Bertz CT molecular complexity index is 363. The maximum Gasteiger partial charge on any atom is 0.242 e. The van der Waals surface area contributed by atoms with Gasteiger partial charge in [-0.2, -0.15) is 0 Å². The number of hydrogen-bond acceptors (Lipinski definition) is 3. The van der Waals surface area contributed by atoms with Crippen LogP contribution in [0.25, 0.3) is 0 Å². The van der Waals surface area contributed by atoms with Crippen LogP contribution in [0.2, 0.25) is 0 Å². The molecule has 4 heteroatoms. The van der Waals surface area contributed by atoms with Gasteiger partial charge in [0, 0.05) is 12.5 Å². The van der Waals surface area contributed by atoms with Crippen molar-refractivity contribution in [1.29, 1.82) is 0 Å². The molecule has 13 heavy (non-hydrogen) atoms. The lowest BCUT2D eigenvalue weighted by Gasteiger charge is -2.20. The normalized spacial score (nSPS) is 20.5. The molecule has 1 aromatic heterocycles. The zero-order chi connectivity index (χ0) is 9.26. The number of hydrogen-bond donors (Lipinski definition) is 0. The lowest BCUT2D eigenvalue weighted by molar-refractivity contribution is 0.465. The molecule has 0 spiro atoms. The van der Waals surface area contributed by atoms with Crippen molar-refractivity contribution < 1.29 is 4.79 Å². The molecule has 2 rings (SSSR count). The van der Waals surface area contributed by atoms with Crippen LogP contribution in [0.5, 0.6) is 0 Å². The second kappa shape index (κ2) is 3.15. The summed E-state index contributed by atoms with van der Waals surface area (Å²) >= 11 is 0. The zero-order valence-electron chi connectivity index (χ0n) is 7.53. The van der Waals surface area contributed by atoms with Crippen LogP contribution in [0, 0.1) is 0 Å². The summed E-state index contributed by atoms with van der Waals surface area (Å²) in [5.41, 5.74) is 0. The molecule has 1 aliphatic rings. The summed E-state index contributed by atoms with van der Waals surface area (Å²) in [5.74, 6) is 2.15. The van der Waals surface area contributed by atoms with Gasteiger partial charge in [0.15, 0.2) is 5.82 Å². The molecule has 0 fully saturated rings.